The highest BCUT2D eigenvalue weighted by molar-refractivity contribution is 6.30. The molecule has 100 valence electrons. The molecule has 0 bridgehead atoms. The molecule has 0 fully saturated rings. The molecule has 0 saturated carbocycles. The predicted molar refractivity (Wildman–Crippen MR) is 65.9 cm³/mol. The lowest BCUT2D eigenvalue weighted by Gasteiger charge is -2.17. The molecule has 0 unspecified atom stereocenters. The van der Waals surface area contributed by atoms with E-state index >= 15 is 0 Å². The number of hydrogen-bond donors (Lipinski definition) is 2. The third-order valence-electron chi connectivity index (χ3n) is 2.40. The van der Waals surface area contributed by atoms with Crippen LogP contribution in [0.1, 0.15) is 18.0 Å². The maximum absolute atomic E-state index is 13.3. The Balaban J connectivity index is 2.70. The van der Waals surface area contributed by atoms with Crippen LogP contribution >= 0.6 is 11.6 Å². The first-order valence-electron chi connectivity index (χ1n) is 5.42. The minimum absolute atomic E-state index is 0.00106. The lowest BCUT2D eigenvalue weighted by Crippen LogP contribution is -2.31. The number of methoxy groups -OCH3 is 1. The number of amides is 1. The van der Waals surface area contributed by atoms with E-state index < -0.39 is 11.9 Å². The molecule has 0 aromatic heterocycles. The van der Waals surface area contributed by atoms with Crippen molar-refractivity contribution in [2.75, 3.05) is 20.3 Å². The third-order valence-corrected chi connectivity index (χ3v) is 2.70. The second kappa shape index (κ2) is 7.31. The molecular formula is C12H15ClFNO3. The van der Waals surface area contributed by atoms with Gasteiger partial charge >= 0.3 is 0 Å². The average Bonchev–Trinajstić information content (AvgIpc) is 2.37. The summed E-state index contributed by atoms with van der Waals surface area (Å²) < 4.78 is 18.0. The molecule has 1 atom stereocenters. The molecule has 0 radical (unpaired) electrons. The molecule has 0 aliphatic heterocycles. The Morgan fingerprint density at radius 2 is 2.33 bits per heavy atom. The maximum Gasteiger partial charge on any atom is 0.222 e. The first-order chi connectivity index (χ1) is 8.58. The number of carbonyl (C=O) groups is 1. The zero-order valence-electron chi connectivity index (χ0n) is 9.95. The number of aliphatic hydroxyl groups is 1. The highest BCUT2D eigenvalue weighted by Crippen LogP contribution is 2.20. The molecule has 0 spiro atoms. The second-order valence-corrected chi connectivity index (χ2v) is 4.13. The van der Waals surface area contributed by atoms with Crippen LogP contribution in [0, 0.1) is 5.82 Å². The largest absolute Gasteiger partial charge is 0.394 e. The Morgan fingerprint density at radius 3 is 2.89 bits per heavy atom. The number of carbonyl (C=O) groups excluding carboxylic acids is 1. The quantitative estimate of drug-likeness (QED) is 0.830. The molecule has 0 aliphatic rings. The lowest BCUT2D eigenvalue weighted by molar-refractivity contribution is -0.123. The number of aliphatic hydroxyl groups excluding tert-OH is 1. The van der Waals surface area contributed by atoms with E-state index in [-0.39, 0.29) is 24.0 Å². The summed E-state index contributed by atoms with van der Waals surface area (Å²) in [6, 6.07) is 3.49. The Bertz CT molecular complexity index is 414. The summed E-state index contributed by atoms with van der Waals surface area (Å²) in [4.78, 5) is 11.5. The highest BCUT2D eigenvalue weighted by Gasteiger charge is 2.15. The molecule has 0 saturated heterocycles. The normalized spacial score (nSPS) is 12.2. The van der Waals surface area contributed by atoms with Crippen molar-refractivity contribution in [3.8, 4) is 0 Å². The van der Waals surface area contributed by atoms with Gasteiger partial charge in [-0.1, -0.05) is 17.7 Å². The van der Waals surface area contributed by atoms with Gasteiger partial charge in [0, 0.05) is 13.5 Å². The van der Waals surface area contributed by atoms with E-state index in [2.05, 4.69) is 5.32 Å². The van der Waals surface area contributed by atoms with E-state index in [1.54, 1.807) is 6.07 Å². The van der Waals surface area contributed by atoms with Crippen LogP contribution in [0.5, 0.6) is 0 Å². The Hall–Kier alpha value is -1.17. The molecule has 0 aliphatic carbocycles. The molecular weight excluding hydrogens is 261 g/mol. The topological polar surface area (TPSA) is 58.6 Å². The van der Waals surface area contributed by atoms with Crippen molar-refractivity contribution in [3.63, 3.8) is 0 Å². The van der Waals surface area contributed by atoms with E-state index in [1.165, 1.54) is 19.2 Å². The number of halogens is 2. The summed E-state index contributed by atoms with van der Waals surface area (Å²) in [6.07, 6.45) is 0.184. The molecule has 18 heavy (non-hydrogen) atoms. The van der Waals surface area contributed by atoms with Gasteiger partial charge in [-0.15, -0.1) is 0 Å². The zero-order chi connectivity index (χ0) is 13.5. The van der Waals surface area contributed by atoms with Crippen LogP contribution in [0.4, 0.5) is 4.39 Å². The molecule has 0 heterocycles. The van der Waals surface area contributed by atoms with Crippen LogP contribution in [0.25, 0.3) is 0 Å². The van der Waals surface area contributed by atoms with Gasteiger partial charge in [0.2, 0.25) is 5.91 Å². The van der Waals surface area contributed by atoms with Crippen molar-refractivity contribution in [2.24, 2.45) is 0 Å². The molecule has 1 aromatic carbocycles. The third kappa shape index (κ3) is 4.25. The lowest BCUT2D eigenvalue weighted by atomic mass is 10.1. The predicted octanol–water partition coefficient (Wildman–Crippen LogP) is 1.67. The Kier molecular flexibility index (Phi) is 6.04. The number of ether oxygens (including phenoxy) is 1. The van der Waals surface area contributed by atoms with Crippen LogP contribution in [0.3, 0.4) is 0 Å². The fourth-order valence-corrected chi connectivity index (χ4v) is 1.54. The molecule has 2 N–H and O–H groups in total. The summed E-state index contributed by atoms with van der Waals surface area (Å²) in [7, 11) is 1.49. The highest BCUT2D eigenvalue weighted by atomic mass is 35.5. The van der Waals surface area contributed by atoms with Crippen LogP contribution in [0.2, 0.25) is 5.02 Å². The smallest absolute Gasteiger partial charge is 0.222 e. The summed E-state index contributed by atoms with van der Waals surface area (Å²) in [6.45, 7) is -0.0290. The van der Waals surface area contributed by atoms with Crippen LogP contribution < -0.4 is 5.32 Å². The van der Waals surface area contributed by atoms with Crippen molar-refractivity contribution < 1.29 is 19.0 Å². The van der Waals surface area contributed by atoms with Crippen LogP contribution in [0.15, 0.2) is 18.2 Å². The van der Waals surface area contributed by atoms with Gasteiger partial charge in [-0.05, 0) is 17.7 Å². The van der Waals surface area contributed by atoms with Gasteiger partial charge in [0.05, 0.1) is 24.3 Å². The number of benzene rings is 1. The van der Waals surface area contributed by atoms with Gasteiger partial charge in [0.25, 0.3) is 0 Å². The number of nitrogens with one attached hydrogen (secondary N) is 1. The summed E-state index contributed by atoms with van der Waals surface area (Å²) in [5.41, 5.74) is 0.463. The zero-order valence-corrected chi connectivity index (χ0v) is 10.7. The van der Waals surface area contributed by atoms with Crippen molar-refractivity contribution in [1.82, 2.24) is 5.32 Å². The minimum Gasteiger partial charge on any atom is -0.394 e. The average molecular weight is 276 g/mol. The van der Waals surface area contributed by atoms with Crippen molar-refractivity contribution >= 4 is 17.5 Å². The van der Waals surface area contributed by atoms with Gasteiger partial charge in [-0.3, -0.25) is 4.79 Å². The van der Waals surface area contributed by atoms with E-state index in [9.17, 15) is 14.3 Å². The molecule has 6 heteroatoms. The Labute approximate surface area is 110 Å². The second-order valence-electron chi connectivity index (χ2n) is 3.72. The molecule has 1 amide bonds. The first kappa shape index (κ1) is 14.9. The molecule has 1 aromatic rings. The Morgan fingerprint density at radius 1 is 1.61 bits per heavy atom. The molecule has 4 nitrogen and oxygen atoms in total. The van der Waals surface area contributed by atoms with Gasteiger partial charge < -0.3 is 15.2 Å². The van der Waals surface area contributed by atoms with Crippen molar-refractivity contribution in [1.29, 1.82) is 0 Å². The molecule has 1 rings (SSSR count). The first-order valence-corrected chi connectivity index (χ1v) is 5.80. The van der Waals surface area contributed by atoms with Gasteiger partial charge in [0.15, 0.2) is 0 Å². The van der Waals surface area contributed by atoms with Crippen molar-refractivity contribution in [3.05, 3.63) is 34.6 Å². The monoisotopic (exact) mass is 275 g/mol. The minimum atomic E-state index is -0.652. The number of hydrogen-bond acceptors (Lipinski definition) is 3. The van der Waals surface area contributed by atoms with Crippen LogP contribution in [-0.2, 0) is 9.53 Å². The van der Waals surface area contributed by atoms with E-state index in [0.29, 0.717) is 12.2 Å². The summed E-state index contributed by atoms with van der Waals surface area (Å²) in [5.74, 6) is -0.856. The number of rotatable bonds is 6. The van der Waals surface area contributed by atoms with Gasteiger partial charge in [-0.2, -0.15) is 0 Å². The van der Waals surface area contributed by atoms with E-state index in [0.717, 1.165) is 0 Å². The maximum atomic E-state index is 13.3. The summed E-state index contributed by atoms with van der Waals surface area (Å²) in [5, 5.41) is 11.8. The fourth-order valence-electron chi connectivity index (χ4n) is 1.42. The fraction of sp³-hybridized carbons (Fsp3) is 0.417. The van der Waals surface area contributed by atoms with Crippen LogP contribution in [-0.4, -0.2) is 31.3 Å². The summed E-state index contributed by atoms with van der Waals surface area (Å²) >= 11 is 5.56. The SMILES string of the molecule is COCCC(=O)N[C@H](CO)c1ccc(Cl)c(F)c1. The van der Waals surface area contributed by atoms with Gasteiger partial charge in [0.1, 0.15) is 5.82 Å². The van der Waals surface area contributed by atoms with E-state index in [1.807, 2.05) is 0 Å². The van der Waals surface area contributed by atoms with Crippen molar-refractivity contribution in [2.45, 2.75) is 12.5 Å². The van der Waals surface area contributed by atoms with Gasteiger partial charge in [-0.25, -0.2) is 4.39 Å². The standard InChI is InChI=1S/C12H15ClFNO3/c1-18-5-4-12(17)15-11(7-16)8-2-3-9(13)10(14)6-8/h2-3,6,11,16H,4-5,7H2,1H3,(H,15,17)/t11-/m1/s1. The van der Waals surface area contributed by atoms with E-state index in [4.69, 9.17) is 16.3 Å².